The number of hydrogen-bond donors (Lipinski definition) is 12. The highest BCUT2D eigenvalue weighted by Gasteiger charge is 2.53. The highest BCUT2D eigenvalue weighted by atomic mass is 16.8. The number of aliphatic hydroxyl groups excluding tert-OH is 11. The highest BCUT2D eigenvalue weighted by Crippen LogP contribution is 2.33. The van der Waals surface area contributed by atoms with Gasteiger partial charge in [-0.2, -0.15) is 0 Å². The van der Waals surface area contributed by atoms with Crippen molar-refractivity contribution in [3.8, 4) is 0 Å². The molecule has 3 aliphatic rings. The van der Waals surface area contributed by atoms with E-state index in [0.717, 1.165) is 70.6 Å². The van der Waals surface area contributed by atoms with Crippen LogP contribution in [-0.4, -0.2) is 193 Å². The van der Waals surface area contributed by atoms with E-state index in [1.54, 1.807) is 6.08 Å². The Hall–Kier alpha value is -3.03. The van der Waals surface area contributed by atoms with Crippen molar-refractivity contribution < 1.29 is 89.4 Å². The van der Waals surface area contributed by atoms with Gasteiger partial charge in [-0.25, -0.2) is 0 Å². The van der Waals surface area contributed by atoms with Crippen molar-refractivity contribution in [2.75, 3.05) is 26.4 Å². The van der Waals surface area contributed by atoms with E-state index in [1.807, 2.05) is 6.08 Å². The molecule has 0 spiro atoms. The van der Waals surface area contributed by atoms with Gasteiger partial charge < -0.3 is 89.9 Å². The Labute approximate surface area is 520 Å². The van der Waals surface area contributed by atoms with E-state index in [-0.39, 0.29) is 18.9 Å². The normalized spacial score (nSPS) is 29.1. The number of carbonyl (C=O) groups is 1. The highest BCUT2D eigenvalue weighted by molar-refractivity contribution is 5.76. The van der Waals surface area contributed by atoms with Gasteiger partial charge in [-0.05, 0) is 83.5 Å². The first-order chi connectivity index (χ1) is 42.3. The summed E-state index contributed by atoms with van der Waals surface area (Å²) in [6, 6.07) is -0.999. The maximum absolute atomic E-state index is 13.4. The number of rotatable bonds is 49. The zero-order valence-electron chi connectivity index (χ0n) is 52.7. The first kappa shape index (κ1) is 78.2. The molecular formula is C68H117NO18. The molecule has 0 aliphatic carbocycles. The average Bonchev–Trinajstić information content (AvgIpc) is 1.69. The quantitative estimate of drug-likeness (QED) is 0.0203. The van der Waals surface area contributed by atoms with Gasteiger partial charge in [0.25, 0.3) is 0 Å². The Balaban J connectivity index is 1.40. The van der Waals surface area contributed by atoms with Crippen LogP contribution in [0, 0.1) is 0 Å². The Morgan fingerprint density at radius 2 is 0.805 bits per heavy atom. The van der Waals surface area contributed by atoms with Gasteiger partial charge in [0, 0.05) is 6.42 Å². The Morgan fingerprint density at radius 1 is 0.425 bits per heavy atom. The van der Waals surface area contributed by atoms with Gasteiger partial charge in [-0.15, -0.1) is 0 Å². The van der Waals surface area contributed by atoms with E-state index in [2.05, 4.69) is 92.1 Å². The van der Waals surface area contributed by atoms with Crippen LogP contribution in [0.1, 0.15) is 206 Å². The van der Waals surface area contributed by atoms with E-state index in [0.29, 0.717) is 12.8 Å². The number of ether oxygens (including phenoxy) is 6. The van der Waals surface area contributed by atoms with Crippen LogP contribution in [0.25, 0.3) is 0 Å². The van der Waals surface area contributed by atoms with E-state index in [9.17, 15) is 61.0 Å². The number of allylic oxidation sites excluding steroid dienone is 13. The number of amides is 1. The summed E-state index contributed by atoms with van der Waals surface area (Å²) in [6.45, 7) is 1.54. The van der Waals surface area contributed by atoms with Crippen LogP contribution >= 0.6 is 0 Å². The van der Waals surface area contributed by atoms with Crippen LogP contribution < -0.4 is 5.32 Å². The fraction of sp³-hybridized carbons (Fsp3) is 0.779. The second-order valence-electron chi connectivity index (χ2n) is 23.5. The van der Waals surface area contributed by atoms with Crippen molar-refractivity contribution in [1.82, 2.24) is 5.32 Å². The van der Waals surface area contributed by atoms with Crippen molar-refractivity contribution in [1.29, 1.82) is 0 Å². The first-order valence-corrected chi connectivity index (χ1v) is 33.3. The largest absolute Gasteiger partial charge is 0.394 e. The Bertz CT molecular complexity index is 1910. The summed E-state index contributed by atoms with van der Waals surface area (Å²) in [7, 11) is 0. The van der Waals surface area contributed by atoms with Crippen LogP contribution in [0.5, 0.6) is 0 Å². The molecule has 17 atom stereocenters. The lowest BCUT2D eigenvalue weighted by Gasteiger charge is -2.48. The minimum atomic E-state index is -1.98. The molecule has 3 aliphatic heterocycles. The van der Waals surface area contributed by atoms with Crippen molar-refractivity contribution in [3.63, 3.8) is 0 Å². The summed E-state index contributed by atoms with van der Waals surface area (Å²) in [4.78, 5) is 13.4. The summed E-state index contributed by atoms with van der Waals surface area (Å²) in [5.74, 6) is -0.293. The first-order valence-electron chi connectivity index (χ1n) is 33.3. The van der Waals surface area contributed by atoms with Gasteiger partial charge in [0.2, 0.25) is 5.91 Å². The molecule has 0 aromatic carbocycles. The molecule has 0 aromatic heterocycles. The third kappa shape index (κ3) is 32.2. The lowest BCUT2D eigenvalue weighted by atomic mass is 9.96. The predicted molar refractivity (Wildman–Crippen MR) is 337 cm³/mol. The molecule has 0 radical (unpaired) electrons. The fourth-order valence-corrected chi connectivity index (χ4v) is 10.7. The van der Waals surface area contributed by atoms with Gasteiger partial charge in [-0.3, -0.25) is 4.79 Å². The minimum Gasteiger partial charge on any atom is -0.394 e. The molecule has 3 saturated heterocycles. The van der Waals surface area contributed by atoms with Crippen LogP contribution in [0.3, 0.4) is 0 Å². The molecule has 1 amide bonds. The van der Waals surface area contributed by atoms with E-state index >= 15 is 0 Å². The van der Waals surface area contributed by atoms with Crippen LogP contribution in [-0.2, 0) is 33.2 Å². The van der Waals surface area contributed by atoms with Crippen LogP contribution in [0.2, 0.25) is 0 Å². The summed E-state index contributed by atoms with van der Waals surface area (Å²) in [5, 5.41) is 120. The lowest BCUT2D eigenvalue weighted by molar-refractivity contribution is -0.379. The molecule has 3 heterocycles. The van der Waals surface area contributed by atoms with Crippen LogP contribution in [0.4, 0.5) is 0 Å². The molecular weight excluding hydrogens is 1120 g/mol. The molecule has 17 unspecified atom stereocenters. The maximum Gasteiger partial charge on any atom is 0.220 e. The van der Waals surface area contributed by atoms with Gasteiger partial charge in [0.05, 0.1) is 38.6 Å². The summed E-state index contributed by atoms with van der Waals surface area (Å²) in [6.07, 6.45) is 35.8. The predicted octanol–water partition coefficient (Wildman–Crippen LogP) is 7.93. The zero-order chi connectivity index (χ0) is 63.3. The minimum absolute atomic E-state index is 0.228. The molecule has 3 rings (SSSR count). The van der Waals surface area contributed by atoms with Gasteiger partial charge in [0.1, 0.15) is 73.2 Å². The lowest BCUT2D eigenvalue weighted by Crippen LogP contribution is -2.66. The van der Waals surface area contributed by atoms with E-state index in [4.69, 9.17) is 28.4 Å². The summed E-state index contributed by atoms with van der Waals surface area (Å²) >= 11 is 0. The zero-order valence-corrected chi connectivity index (χ0v) is 52.7. The van der Waals surface area contributed by atoms with Crippen molar-refractivity contribution in [2.24, 2.45) is 0 Å². The summed E-state index contributed by atoms with van der Waals surface area (Å²) in [5.41, 5.74) is 0. The topological polar surface area (TPSA) is 307 Å². The van der Waals surface area contributed by atoms with Crippen molar-refractivity contribution in [2.45, 2.75) is 311 Å². The van der Waals surface area contributed by atoms with Gasteiger partial charge in [-0.1, -0.05) is 202 Å². The van der Waals surface area contributed by atoms with Crippen molar-refractivity contribution in [3.05, 3.63) is 85.1 Å². The number of hydrogen-bond acceptors (Lipinski definition) is 18. The maximum atomic E-state index is 13.4. The average molecular weight is 1240 g/mol. The summed E-state index contributed by atoms with van der Waals surface area (Å²) < 4.78 is 34.2. The number of unbranched alkanes of at least 4 members (excludes halogenated alkanes) is 21. The molecule has 0 bridgehead atoms. The second kappa shape index (κ2) is 49.6. The molecule has 3 fully saturated rings. The molecule has 0 saturated carbocycles. The third-order valence-electron chi connectivity index (χ3n) is 16.2. The van der Waals surface area contributed by atoms with Crippen molar-refractivity contribution >= 4 is 5.91 Å². The molecule has 87 heavy (non-hydrogen) atoms. The standard InChI is InChI=1S/C68H117NO18/c1-3-5-7-9-11-13-15-17-18-19-20-21-22-23-24-25-26-27-28-29-30-31-32-34-36-38-40-42-44-46-56(74)69-51(52(73)45-43-41-39-37-35-33-16-14-12-10-8-6-4-2)50-82-66-62(80)59(77)64(54(48-71)84-66)87-68-63(81)60(78)65(55(49-72)85-68)86-67-61(79)58(76)57(75)53(47-70)83-67/h5,7,11-14,17-18,20-21,35,37,43,45,51-55,57-68,70-73,75-81H,3-4,6,8-10,15-16,19,22-34,36,38-42,44,46-50H2,1-2H3,(H,69,74)/b7-5-,13-11-,14-12+,18-17-,21-20-,37-35+,45-43+. The monoisotopic (exact) mass is 1240 g/mol. The molecule has 12 N–H and O–H groups in total. The molecule has 19 heteroatoms. The molecule has 19 nitrogen and oxygen atoms in total. The third-order valence-corrected chi connectivity index (χ3v) is 16.2. The van der Waals surface area contributed by atoms with Gasteiger partial charge in [0.15, 0.2) is 18.9 Å². The van der Waals surface area contributed by atoms with E-state index < -0.39 is 124 Å². The second-order valence-corrected chi connectivity index (χ2v) is 23.5. The molecule has 502 valence electrons. The number of carbonyl (C=O) groups excluding carboxylic acids is 1. The molecule has 0 aromatic rings. The number of aliphatic hydroxyl groups is 11. The smallest absolute Gasteiger partial charge is 0.220 e. The van der Waals surface area contributed by atoms with E-state index in [1.165, 1.54) is 103 Å². The van der Waals surface area contributed by atoms with Crippen LogP contribution in [0.15, 0.2) is 85.1 Å². The number of nitrogens with one attached hydrogen (secondary N) is 1. The SMILES string of the molecule is CC/C=C\C/C=C\C/C=C\C/C=C\CCCCCCCCCCCCCCCCCCC(=O)NC(COC1OC(CO)C(OC2OC(CO)C(OC3OC(CO)C(O)C(O)C3O)C(O)C2O)C(O)C1O)C(O)/C=C/CC/C=C/CC/C=C/CCCCC. The Morgan fingerprint density at radius 3 is 1.29 bits per heavy atom. The fourth-order valence-electron chi connectivity index (χ4n) is 10.7. The van der Waals surface area contributed by atoms with Gasteiger partial charge >= 0.3 is 0 Å². The Kier molecular flexibility index (Phi) is 44.6.